The highest BCUT2D eigenvalue weighted by Gasteiger charge is 2.42. The van der Waals surface area contributed by atoms with Crippen LogP contribution in [-0.4, -0.2) is 56.7 Å². The fraction of sp³-hybridized carbons (Fsp3) is 0.353. The minimum absolute atomic E-state index is 0.0498. The van der Waals surface area contributed by atoms with E-state index in [1.165, 1.54) is 4.31 Å². The van der Waals surface area contributed by atoms with Gasteiger partial charge in [0.25, 0.3) is 0 Å². The van der Waals surface area contributed by atoms with E-state index in [-0.39, 0.29) is 24.1 Å². The molecule has 4 rings (SSSR count). The van der Waals surface area contributed by atoms with Gasteiger partial charge in [0.1, 0.15) is 5.69 Å². The Labute approximate surface area is 156 Å². The normalized spacial score (nSPS) is 20.8. The van der Waals surface area contributed by atoms with Crippen molar-refractivity contribution in [1.29, 1.82) is 0 Å². The molecule has 2 atom stereocenters. The van der Waals surface area contributed by atoms with E-state index in [1.807, 2.05) is 12.1 Å². The van der Waals surface area contributed by atoms with E-state index >= 15 is 0 Å². The number of hydrogen-bond acceptors (Lipinski definition) is 8. The monoisotopic (exact) mass is 386 g/mol. The lowest BCUT2D eigenvalue weighted by molar-refractivity contribution is 0.348. The Morgan fingerprint density at radius 1 is 1.15 bits per heavy atom. The zero-order valence-electron chi connectivity index (χ0n) is 14.6. The summed E-state index contributed by atoms with van der Waals surface area (Å²) in [5.41, 5.74) is 1.44. The van der Waals surface area contributed by atoms with Gasteiger partial charge in [0.2, 0.25) is 21.7 Å². The predicted octanol–water partition coefficient (Wildman–Crippen LogP) is 1.45. The van der Waals surface area contributed by atoms with E-state index in [1.54, 1.807) is 37.9 Å². The lowest BCUT2D eigenvalue weighted by Gasteiger charge is -2.15. The average molecular weight is 386 g/mol. The molecule has 0 aromatic carbocycles. The van der Waals surface area contributed by atoms with Crippen LogP contribution in [0.2, 0.25) is 0 Å². The Bertz CT molecular complexity index is 1010. The summed E-state index contributed by atoms with van der Waals surface area (Å²) in [6.45, 7) is 2.29. The van der Waals surface area contributed by atoms with Crippen LogP contribution in [-0.2, 0) is 10.0 Å². The Kier molecular flexibility index (Phi) is 4.66. The van der Waals surface area contributed by atoms with Crippen LogP contribution in [0, 0.1) is 0 Å². The van der Waals surface area contributed by atoms with Crippen LogP contribution in [0.5, 0.6) is 0 Å². The first kappa shape index (κ1) is 17.7. The Morgan fingerprint density at radius 3 is 2.67 bits per heavy atom. The standard InChI is InChI=1S/C17H18N6O3S/c1-2-27(24,25)23-10-13(12-4-3-5-18-8-12)14(11-23)17-21-16(22-26-17)15-9-19-6-7-20-15/h3-9,13-14H,2,10-11H2,1H3/t13-,14+/m0/s1. The molecular formula is C17H18N6O3S. The van der Waals surface area contributed by atoms with Gasteiger partial charge < -0.3 is 4.52 Å². The van der Waals surface area contributed by atoms with Crippen LogP contribution >= 0.6 is 0 Å². The average Bonchev–Trinajstić information content (AvgIpc) is 3.37. The van der Waals surface area contributed by atoms with Crippen LogP contribution in [0.3, 0.4) is 0 Å². The van der Waals surface area contributed by atoms with Crippen LogP contribution < -0.4 is 0 Å². The first-order chi connectivity index (χ1) is 13.1. The summed E-state index contributed by atoms with van der Waals surface area (Å²) in [6.07, 6.45) is 8.10. The third-order valence-corrected chi connectivity index (χ3v) is 6.52. The van der Waals surface area contributed by atoms with E-state index in [4.69, 9.17) is 4.52 Å². The minimum atomic E-state index is -3.32. The molecule has 0 amide bonds. The molecule has 0 saturated carbocycles. The van der Waals surface area contributed by atoms with Gasteiger partial charge in [0, 0.05) is 43.8 Å². The third-order valence-electron chi connectivity index (χ3n) is 4.71. The van der Waals surface area contributed by atoms with Gasteiger partial charge in [-0.2, -0.15) is 4.98 Å². The second kappa shape index (κ2) is 7.12. The molecule has 1 saturated heterocycles. The van der Waals surface area contributed by atoms with Crippen molar-refractivity contribution in [3.63, 3.8) is 0 Å². The van der Waals surface area contributed by atoms with Crippen molar-refractivity contribution in [2.24, 2.45) is 0 Å². The Hall–Kier alpha value is -2.72. The highest BCUT2D eigenvalue weighted by atomic mass is 32.2. The zero-order valence-corrected chi connectivity index (χ0v) is 15.5. The molecule has 4 heterocycles. The number of aromatic nitrogens is 5. The van der Waals surface area contributed by atoms with Crippen molar-refractivity contribution < 1.29 is 12.9 Å². The number of hydrogen-bond donors (Lipinski definition) is 0. The van der Waals surface area contributed by atoms with Crippen LogP contribution in [0.1, 0.15) is 30.2 Å². The fourth-order valence-electron chi connectivity index (χ4n) is 3.27. The first-order valence-electron chi connectivity index (χ1n) is 8.56. The summed E-state index contributed by atoms with van der Waals surface area (Å²) < 4.78 is 31.8. The molecule has 10 heteroatoms. The van der Waals surface area contributed by atoms with Gasteiger partial charge in [0.15, 0.2) is 0 Å². The quantitative estimate of drug-likeness (QED) is 0.647. The van der Waals surface area contributed by atoms with Crippen molar-refractivity contribution in [2.75, 3.05) is 18.8 Å². The molecule has 1 aliphatic heterocycles. The Balaban J connectivity index is 1.69. The van der Waals surface area contributed by atoms with E-state index in [0.29, 0.717) is 24.0 Å². The minimum Gasteiger partial charge on any atom is -0.339 e. The lowest BCUT2D eigenvalue weighted by Crippen LogP contribution is -2.30. The fourth-order valence-corrected chi connectivity index (χ4v) is 4.41. The second-order valence-electron chi connectivity index (χ2n) is 6.26. The molecular weight excluding hydrogens is 368 g/mol. The molecule has 3 aromatic heterocycles. The van der Waals surface area contributed by atoms with Crippen molar-refractivity contribution in [1.82, 2.24) is 29.4 Å². The maximum atomic E-state index is 12.4. The van der Waals surface area contributed by atoms with Crippen molar-refractivity contribution in [3.05, 3.63) is 54.6 Å². The number of pyridine rings is 1. The van der Waals surface area contributed by atoms with E-state index in [2.05, 4.69) is 25.1 Å². The highest BCUT2D eigenvalue weighted by molar-refractivity contribution is 7.89. The summed E-state index contributed by atoms with van der Waals surface area (Å²) in [5.74, 6) is 0.399. The largest absolute Gasteiger partial charge is 0.339 e. The molecule has 3 aromatic rings. The summed E-state index contributed by atoms with van der Waals surface area (Å²) in [6, 6.07) is 3.77. The predicted molar refractivity (Wildman–Crippen MR) is 96.1 cm³/mol. The first-order valence-corrected chi connectivity index (χ1v) is 10.2. The van der Waals surface area contributed by atoms with Crippen molar-refractivity contribution in [3.8, 4) is 11.5 Å². The van der Waals surface area contributed by atoms with Gasteiger partial charge >= 0.3 is 0 Å². The molecule has 1 fully saturated rings. The van der Waals surface area contributed by atoms with Crippen molar-refractivity contribution in [2.45, 2.75) is 18.8 Å². The van der Waals surface area contributed by atoms with Gasteiger partial charge in [0.05, 0.1) is 17.9 Å². The molecule has 140 valence electrons. The molecule has 0 N–H and O–H groups in total. The maximum absolute atomic E-state index is 12.4. The molecule has 9 nitrogen and oxygen atoms in total. The number of nitrogens with zero attached hydrogens (tertiary/aromatic N) is 6. The van der Waals surface area contributed by atoms with Crippen LogP contribution in [0.15, 0.2) is 47.6 Å². The van der Waals surface area contributed by atoms with Crippen LogP contribution in [0.25, 0.3) is 11.5 Å². The SMILES string of the molecule is CCS(=O)(=O)N1C[C@@H](c2cccnc2)[C@H](c2nc(-c3cnccn3)no2)C1. The molecule has 1 aliphatic rings. The number of rotatable bonds is 5. The van der Waals surface area contributed by atoms with Gasteiger partial charge in [-0.3, -0.25) is 9.97 Å². The van der Waals surface area contributed by atoms with Crippen molar-refractivity contribution >= 4 is 10.0 Å². The summed E-state index contributed by atoms with van der Waals surface area (Å²) in [5, 5.41) is 3.99. The second-order valence-corrected chi connectivity index (χ2v) is 8.52. The molecule has 0 unspecified atom stereocenters. The van der Waals surface area contributed by atoms with Gasteiger partial charge in [-0.1, -0.05) is 11.2 Å². The topological polar surface area (TPSA) is 115 Å². The summed E-state index contributed by atoms with van der Waals surface area (Å²) >= 11 is 0. The van der Waals surface area contributed by atoms with E-state index in [0.717, 1.165) is 5.56 Å². The smallest absolute Gasteiger partial charge is 0.232 e. The zero-order chi connectivity index (χ0) is 18.9. The molecule has 27 heavy (non-hydrogen) atoms. The molecule has 0 aliphatic carbocycles. The highest BCUT2D eigenvalue weighted by Crippen LogP contribution is 2.40. The number of sulfonamides is 1. The van der Waals surface area contributed by atoms with E-state index in [9.17, 15) is 8.42 Å². The molecule has 0 bridgehead atoms. The van der Waals surface area contributed by atoms with Gasteiger partial charge in [-0.05, 0) is 18.6 Å². The van der Waals surface area contributed by atoms with Crippen LogP contribution in [0.4, 0.5) is 0 Å². The third kappa shape index (κ3) is 3.45. The van der Waals surface area contributed by atoms with Gasteiger partial charge in [-0.25, -0.2) is 17.7 Å². The molecule has 0 radical (unpaired) electrons. The Morgan fingerprint density at radius 2 is 1.96 bits per heavy atom. The summed E-state index contributed by atoms with van der Waals surface area (Å²) in [4.78, 5) is 16.8. The lowest BCUT2D eigenvalue weighted by atomic mass is 9.90. The van der Waals surface area contributed by atoms with Gasteiger partial charge in [-0.15, -0.1) is 0 Å². The molecule has 0 spiro atoms. The van der Waals surface area contributed by atoms with E-state index < -0.39 is 10.0 Å². The maximum Gasteiger partial charge on any atom is 0.232 e. The summed E-state index contributed by atoms with van der Waals surface area (Å²) in [7, 11) is -3.32.